The Bertz CT molecular complexity index is 2120. The van der Waals surface area contributed by atoms with Crippen molar-refractivity contribution in [3.63, 3.8) is 0 Å². The lowest BCUT2D eigenvalue weighted by Gasteiger charge is -2.29. The molecule has 12 N–H and O–H groups in total. The summed E-state index contributed by atoms with van der Waals surface area (Å²) in [5.41, 5.74) is 9.04. The summed E-state index contributed by atoms with van der Waals surface area (Å²) in [5, 5.41) is 52.6. The molecular formula is C44H59BN8O12. The van der Waals surface area contributed by atoms with Crippen molar-refractivity contribution in [2.24, 2.45) is 5.73 Å². The number of nitrogens with one attached hydrogen (secondary N) is 6. The van der Waals surface area contributed by atoms with Crippen LogP contribution >= 0.6 is 0 Å². The third kappa shape index (κ3) is 16.7. The summed E-state index contributed by atoms with van der Waals surface area (Å²) in [6, 6.07) is 13.7. The maximum absolute atomic E-state index is 13.7. The Morgan fingerprint density at radius 1 is 0.677 bits per heavy atom. The molecule has 0 bridgehead atoms. The Morgan fingerprint density at radius 2 is 1.22 bits per heavy atom. The van der Waals surface area contributed by atoms with Crippen LogP contribution in [0.2, 0.25) is 0 Å². The second kappa shape index (κ2) is 25.5. The van der Waals surface area contributed by atoms with E-state index < -0.39 is 110 Å². The molecule has 0 aliphatic carbocycles. The van der Waals surface area contributed by atoms with Crippen LogP contribution in [-0.2, 0) is 46.4 Å². The maximum Gasteiger partial charge on any atom is 0.475 e. The number of benzene rings is 3. The van der Waals surface area contributed by atoms with Gasteiger partial charge in [0.05, 0.1) is 25.5 Å². The second-order valence-corrected chi connectivity index (χ2v) is 15.6. The largest absolute Gasteiger partial charge is 0.508 e. The fraction of sp³-hybridized carbons (Fsp3) is 0.409. The number of carbonyl (C=O) groups excluding carboxylic acids is 8. The van der Waals surface area contributed by atoms with Crippen LogP contribution < -0.4 is 37.6 Å². The molecule has 0 radical (unpaired) electrons. The average Bonchev–Trinajstić information content (AvgIpc) is 3.28. The van der Waals surface area contributed by atoms with Crippen molar-refractivity contribution in [3.05, 3.63) is 89.5 Å². The fourth-order valence-electron chi connectivity index (χ4n) is 6.23. The van der Waals surface area contributed by atoms with Crippen molar-refractivity contribution in [3.8, 4) is 16.9 Å². The smallest absolute Gasteiger partial charge is 0.475 e. The number of primary amides is 1. The molecule has 350 valence electrons. The van der Waals surface area contributed by atoms with E-state index in [-0.39, 0.29) is 17.7 Å². The maximum atomic E-state index is 13.7. The molecule has 0 fully saturated rings. The predicted octanol–water partition coefficient (Wildman–Crippen LogP) is -1.44. The number of amides is 8. The Hall–Kier alpha value is -6.84. The van der Waals surface area contributed by atoms with Crippen molar-refractivity contribution in [2.45, 2.75) is 95.9 Å². The third-order valence-electron chi connectivity index (χ3n) is 10.4. The molecule has 0 spiro atoms. The van der Waals surface area contributed by atoms with Crippen molar-refractivity contribution < 1.29 is 58.6 Å². The molecule has 0 unspecified atom stereocenters. The average molecular weight is 903 g/mol. The Labute approximate surface area is 377 Å². The number of nitrogens with zero attached hydrogens (tertiary/aromatic N) is 1. The van der Waals surface area contributed by atoms with Gasteiger partial charge in [-0.2, -0.15) is 0 Å². The summed E-state index contributed by atoms with van der Waals surface area (Å²) >= 11 is 0. The quantitative estimate of drug-likeness (QED) is 0.0461. The number of phenolic OH excluding ortho intramolecular Hbond substituents is 1. The Morgan fingerprint density at radius 3 is 1.77 bits per heavy atom. The lowest BCUT2D eigenvalue weighted by molar-refractivity contribution is -0.140. The first-order chi connectivity index (χ1) is 30.7. The van der Waals surface area contributed by atoms with Crippen LogP contribution in [0.4, 0.5) is 0 Å². The molecule has 0 heterocycles. The van der Waals surface area contributed by atoms with Gasteiger partial charge in [-0.1, -0.05) is 61.9 Å². The number of hydrogen-bond donors (Lipinski definition) is 11. The fourth-order valence-corrected chi connectivity index (χ4v) is 6.23. The van der Waals surface area contributed by atoms with E-state index in [2.05, 4.69) is 51.0 Å². The molecule has 20 nitrogen and oxygen atoms in total. The van der Waals surface area contributed by atoms with E-state index in [1.165, 1.54) is 57.6 Å². The molecule has 0 aliphatic rings. The number of aryl methyl sites for hydroxylation is 1. The van der Waals surface area contributed by atoms with Crippen LogP contribution in [0, 0.1) is 0 Å². The van der Waals surface area contributed by atoms with Gasteiger partial charge in [0, 0.05) is 19.0 Å². The van der Waals surface area contributed by atoms with Crippen molar-refractivity contribution in [1.82, 2.24) is 36.8 Å². The highest BCUT2D eigenvalue weighted by Crippen LogP contribution is 2.21. The molecule has 3 rings (SSSR count). The molecule has 0 aromatic heterocycles. The van der Waals surface area contributed by atoms with E-state index in [1.54, 1.807) is 24.3 Å². The number of aliphatic hydroxyl groups is 1. The van der Waals surface area contributed by atoms with Gasteiger partial charge in [0.25, 0.3) is 5.91 Å². The van der Waals surface area contributed by atoms with Crippen LogP contribution in [0.5, 0.6) is 5.75 Å². The molecule has 21 heteroatoms. The van der Waals surface area contributed by atoms with Gasteiger partial charge in [-0.3, -0.25) is 38.4 Å². The minimum atomic E-state index is -1.95. The van der Waals surface area contributed by atoms with Gasteiger partial charge < -0.3 is 62.8 Å². The molecule has 3 aromatic carbocycles. The van der Waals surface area contributed by atoms with Gasteiger partial charge in [-0.25, -0.2) is 0 Å². The summed E-state index contributed by atoms with van der Waals surface area (Å²) in [5.74, 6) is -8.07. The van der Waals surface area contributed by atoms with Gasteiger partial charge in [-0.15, -0.1) is 0 Å². The molecule has 3 aromatic rings. The Balaban J connectivity index is 1.61. The standard InChI is InChI=1S/C44H59BN8O12/c1-6-7-8-28-9-13-30(14-10-28)31-15-17-32(18-16-31)41(60)52-35(24-54)43(62)48-25(2)39(58)47-23-38(57)53(5)36(21-29-11-19-33(55)20-12-29)44(63)49-26(3)40(59)51-34(22-37(46)56)42(61)50-27(4)45(64)65/h9-20,25-27,34-36,54-55,64-65H,6-8,21-24H2,1-5H3,(H2,46,56)(H,47,58)(H,48,62)(H,49,63)(H,50,61)(H,51,59)(H,52,60)/t25-,26+,27+,34+,35-,36+/m1/s1. The molecule has 0 saturated heterocycles. The molecule has 0 aliphatic heterocycles. The minimum absolute atomic E-state index is 0.0664. The first-order valence-corrected chi connectivity index (χ1v) is 21.0. The van der Waals surface area contributed by atoms with Crippen LogP contribution in [0.25, 0.3) is 11.1 Å². The predicted molar refractivity (Wildman–Crippen MR) is 239 cm³/mol. The zero-order valence-electron chi connectivity index (χ0n) is 37.0. The molecule has 6 atom stereocenters. The van der Waals surface area contributed by atoms with E-state index >= 15 is 0 Å². The zero-order valence-corrected chi connectivity index (χ0v) is 37.0. The summed E-state index contributed by atoms with van der Waals surface area (Å²) in [6.45, 7) is 4.53. The molecular weight excluding hydrogens is 843 g/mol. The summed E-state index contributed by atoms with van der Waals surface area (Å²) in [6.07, 6.45) is 2.39. The molecule has 8 amide bonds. The molecule has 65 heavy (non-hydrogen) atoms. The van der Waals surface area contributed by atoms with Gasteiger partial charge in [-0.05, 0) is 80.1 Å². The van der Waals surface area contributed by atoms with Gasteiger partial charge in [0.2, 0.25) is 41.4 Å². The van der Waals surface area contributed by atoms with Crippen molar-refractivity contribution >= 4 is 54.4 Å². The van der Waals surface area contributed by atoms with Crippen LogP contribution in [0.3, 0.4) is 0 Å². The highest BCUT2D eigenvalue weighted by atomic mass is 16.4. The Kier molecular flexibility index (Phi) is 20.6. The van der Waals surface area contributed by atoms with Gasteiger partial charge >= 0.3 is 7.12 Å². The van der Waals surface area contributed by atoms with E-state index in [9.17, 15) is 58.6 Å². The molecule has 0 saturated carbocycles. The summed E-state index contributed by atoms with van der Waals surface area (Å²) < 4.78 is 0. The van der Waals surface area contributed by atoms with Crippen molar-refractivity contribution in [1.29, 1.82) is 0 Å². The number of phenols is 1. The lowest BCUT2D eigenvalue weighted by Crippen LogP contribution is -2.58. The first kappa shape index (κ1) is 52.5. The van der Waals surface area contributed by atoms with Crippen LogP contribution in [-0.4, -0.2) is 136 Å². The number of likely N-dealkylation sites (N-methyl/N-ethyl adjacent to an activating group) is 1. The normalized spacial score (nSPS) is 13.6. The number of aliphatic hydroxyl groups excluding tert-OH is 1. The summed E-state index contributed by atoms with van der Waals surface area (Å²) in [7, 11) is -0.678. The van der Waals surface area contributed by atoms with Crippen molar-refractivity contribution in [2.75, 3.05) is 20.2 Å². The van der Waals surface area contributed by atoms with Gasteiger partial charge in [0.15, 0.2) is 0 Å². The number of unbranched alkanes of at least 4 members (excludes halogenated alkanes) is 1. The zero-order chi connectivity index (χ0) is 48.4. The van der Waals surface area contributed by atoms with E-state index in [0.717, 1.165) is 35.3 Å². The topological polar surface area (TPSA) is 319 Å². The highest BCUT2D eigenvalue weighted by Gasteiger charge is 2.33. The van der Waals surface area contributed by atoms with Crippen LogP contribution in [0.1, 0.15) is 68.4 Å². The van der Waals surface area contributed by atoms with Gasteiger partial charge in [0.1, 0.15) is 36.0 Å². The third-order valence-corrected chi connectivity index (χ3v) is 10.4. The van der Waals surface area contributed by atoms with E-state index in [1.807, 2.05) is 12.1 Å². The lowest BCUT2D eigenvalue weighted by atomic mass is 9.81. The number of aromatic hydroxyl groups is 1. The number of nitrogens with two attached hydrogens (primary N) is 1. The number of rotatable bonds is 24. The SMILES string of the molecule is CCCCc1ccc(-c2ccc(C(=O)N[C@H](CO)C(=O)N[C@H](C)C(=O)NCC(=O)N(C)[C@@H](Cc3ccc(O)cc3)C(=O)N[C@@H](C)C(=O)N[C@@H](CC(N)=O)C(=O)N[C@@H](C)B(O)O)cc2)cc1. The summed E-state index contributed by atoms with van der Waals surface area (Å²) in [4.78, 5) is 105. The van der Waals surface area contributed by atoms with E-state index in [0.29, 0.717) is 5.56 Å². The minimum Gasteiger partial charge on any atom is -0.508 e. The number of carbonyl (C=O) groups is 8. The highest BCUT2D eigenvalue weighted by molar-refractivity contribution is 6.43. The van der Waals surface area contributed by atoms with E-state index in [4.69, 9.17) is 5.73 Å². The van der Waals surface area contributed by atoms with Crippen LogP contribution in [0.15, 0.2) is 72.8 Å². The monoisotopic (exact) mass is 902 g/mol. The first-order valence-electron chi connectivity index (χ1n) is 21.0. The second-order valence-electron chi connectivity index (χ2n) is 15.6. The number of hydrogen-bond acceptors (Lipinski definition) is 12.